The summed E-state index contributed by atoms with van der Waals surface area (Å²) in [5.74, 6) is -0.922. The number of hydrogen-bond donors (Lipinski definition) is 1. The van der Waals surface area contributed by atoms with Gasteiger partial charge in [0, 0.05) is 31.4 Å². The molecule has 1 spiro atoms. The van der Waals surface area contributed by atoms with Crippen LogP contribution in [0.25, 0.3) is 0 Å². The van der Waals surface area contributed by atoms with E-state index < -0.39 is 5.97 Å². The predicted molar refractivity (Wildman–Crippen MR) is 79.4 cm³/mol. The van der Waals surface area contributed by atoms with E-state index in [1.165, 1.54) is 63.0 Å². The lowest BCUT2D eigenvalue weighted by Gasteiger charge is -2.50. The molecule has 1 aliphatic carbocycles. The molecule has 1 aromatic rings. The van der Waals surface area contributed by atoms with Gasteiger partial charge in [0.2, 0.25) is 0 Å². The van der Waals surface area contributed by atoms with E-state index in [0.717, 1.165) is 18.0 Å². The molecule has 20 heavy (non-hydrogen) atoms. The molecular formula is C15H22N2O2S. The number of likely N-dealkylation sites (tertiary alicyclic amines) is 1. The average Bonchev–Trinajstić information content (AvgIpc) is 2.72. The quantitative estimate of drug-likeness (QED) is 0.927. The standard InChI is InChI=1S/C15H22N2O2S/c18-14(19)12-9-20-13(16-12)5-8-17-10-15(11-17)6-3-1-2-4-7-15/h9H,1-8,10-11H2,(H,18,19). The van der Waals surface area contributed by atoms with Gasteiger partial charge in [0.15, 0.2) is 5.69 Å². The maximum absolute atomic E-state index is 10.8. The monoisotopic (exact) mass is 294 g/mol. The Bertz CT molecular complexity index is 470. The van der Waals surface area contributed by atoms with E-state index in [4.69, 9.17) is 5.11 Å². The first-order chi connectivity index (χ1) is 9.67. The summed E-state index contributed by atoms with van der Waals surface area (Å²) in [4.78, 5) is 17.4. The molecule has 0 amide bonds. The fraction of sp³-hybridized carbons (Fsp3) is 0.733. The van der Waals surface area contributed by atoms with Gasteiger partial charge in [-0.1, -0.05) is 25.7 Å². The molecule has 1 saturated heterocycles. The highest BCUT2D eigenvalue weighted by atomic mass is 32.1. The van der Waals surface area contributed by atoms with E-state index in [-0.39, 0.29) is 5.69 Å². The fourth-order valence-corrected chi connectivity index (χ4v) is 4.39. The fourth-order valence-electron chi connectivity index (χ4n) is 3.63. The van der Waals surface area contributed by atoms with Crippen LogP contribution < -0.4 is 0 Å². The molecule has 2 aliphatic rings. The number of carboxylic acid groups (broad SMARTS) is 1. The number of carboxylic acids is 1. The zero-order chi connectivity index (χ0) is 14.0. The number of nitrogens with zero attached hydrogens (tertiary/aromatic N) is 2. The van der Waals surface area contributed by atoms with Crippen molar-refractivity contribution in [1.82, 2.24) is 9.88 Å². The van der Waals surface area contributed by atoms with Crippen molar-refractivity contribution in [1.29, 1.82) is 0 Å². The van der Waals surface area contributed by atoms with Gasteiger partial charge in [-0.05, 0) is 18.3 Å². The molecule has 2 heterocycles. The summed E-state index contributed by atoms with van der Waals surface area (Å²) < 4.78 is 0. The second-order valence-corrected chi connectivity index (χ2v) is 7.25. The maximum atomic E-state index is 10.8. The molecule has 1 aliphatic heterocycles. The summed E-state index contributed by atoms with van der Waals surface area (Å²) >= 11 is 1.47. The lowest BCUT2D eigenvalue weighted by atomic mass is 9.73. The largest absolute Gasteiger partial charge is 0.476 e. The van der Waals surface area contributed by atoms with Crippen molar-refractivity contribution in [3.05, 3.63) is 16.1 Å². The Morgan fingerprint density at radius 1 is 1.30 bits per heavy atom. The second kappa shape index (κ2) is 5.82. The van der Waals surface area contributed by atoms with Gasteiger partial charge < -0.3 is 10.0 Å². The van der Waals surface area contributed by atoms with E-state index in [0.29, 0.717) is 5.41 Å². The number of carbonyl (C=O) groups is 1. The van der Waals surface area contributed by atoms with Crippen LogP contribution in [0, 0.1) is 5.41 Å². The molecule has 0 radical (unpaired) electrons. The highest BCUT2D eigenvalue weighted by Gasteiger charge is 2.41. The lowest BCUT2D eigenvalue weighted by Crippen LogP contribution is -2.56. The van der Waals surface area contributed by atoms with E-state index in [1.54, 1.807) is 5.38 Å². The minimum absolute atomic E-state index is 0.189. The minimum atomic E-state index is -0.922. The smallest absolute Gasteiger partial charge is 0.355 e. The van der Waals surface area contributed by atoms with Crippen molar-refractivity contribution in [2.24, 2.45) is 5.41 Å². The Balaban J connectivity index is 1.45. The molecule has 0 bridgehead atoms. The van der Waals surface area contributed by atoms with Crippen LogP contribution in [0.4, 0.5) is 0 Å². The second-order valence-electron chi connectivity index (χ2n) is 6.31. The molecule has 0 unspecified atom stereocenters. The number of rotatable bonds is 4. The SMILES string of the molecule is O=C(O)c1csc(CCN2CC3(CCCCCC3)C2)n1. The van der Waals surface area contributed by atoms with Crippen LogP contribution in [0.5, 0.6) is 0 Å². The molecule has 0 aromatic carbocycles. The van der Waals surface area contributed by atoms with E-state index in [1.807, 2.05) is 0 Å². The van der Waals surface area contributed by atoms with Gasteiger partial charge in [-0.15, -0.1) is 11.3 Å². The molecule has 1 saturated carbocycles. The van der Waals surface area contributed by atoms with Crippen LogP contribution in [0.2, 0.25) is 0 Å². The summed E-state index contributed by atoms with van der Waals surface area (Å²) in [5.41, 5.74) is 0.805. The third-order valence-electron chi connectivity index (χ3n) is 4.70. The Kier molecular flexibility index (Phi) is 4.08. The van der Waals surface area contributed by atoms with Gasteiger partial charge in [-0.3, -0.25) is 0 Å². The zero-order valence-corrected chi connectivity index (χ0v) is 12.6. The molecule has 3 rings (SSSR count). The van der Waals surface area contributed by atoms with E-state index >= 15 is 0 Å². The van der Waals surface area contributed by atoms with Crippen molar-refractivity contribution in [2.45, 2.75) is 44.9 Å². The first-order valence-electron chi connectivity index (χ1n) is 7.57. The molecule has 0 atom stereocenters. The summed E-state index contributed by atoms with van der Waals surface area (Å²) in [6.45, 7) is 3.50. The summed E-state index contributed by atoms with van der Waals surface area (Å²) in [7, 11) is 0. The van der Waals surface area contributed by atoms with Crippen molar-refractivity contribution < 1.29 is 9.90 Å². The van der Waals surface area contributed by atoms with Gasteiger partial charge in [0.25, 0.3) is 0 Å². The van der Waals surface area contributed by atoms with Gasteiger partial charge >= 0.3 is 5.97 Å². The number of aromatic nitrogens is 1. The molecule has 5 heteroatoms. The summed E-state index contributed by atoms with van der Waals surface area (Å²) in [6.07, 6.45) is 9.34. The van der Waals surface area contributed by atoms with Crippen LogP contribution >= 0.6 is 11.3 Å². The topological polar surface area (TPSA) is 53.4 Å². The number of thiazole rings is 1. The number of aromatic carboxylic acids is 1. The third-order valence-corrected chi connectivity index (χ3v) is 5.60. The van der Waals surface area contributed by atoms with Crippen LogP contribution in [-0.4, -0.2) is 40.6 Å². The van der Waals surface area contributed by atoms with Crippen molar-refractivity contribution in [2.75, 3.05) is 19.6 Å². The van der Waals surface area contributed by atoms with Gasteiger partial charge in [-0.25, -0.2) is 9.78 Å². The molecular weight excluding hydrogens is 272 g/mol. The van der Waals surface area contributed by atoms with E-state index in [9.17, 15) is 4.79 Å². The average molecular weight is 294 g/mol. The van der Waals surface area contributed by atoms with E-state index in [2.05, 4.69) is 9.88 Å². The van der Waals surface area contributed by atoms with Crippen molar-refractivity contribution in [3.8, 4) is 0 Å². The zero-order valence-electron chi connectivity index (χ0n) is 11.8. The van der Waals surface area contributed by atoms with Crippen molar-refractivity contribution in [3.63, 3.8) is 0 Å². The normalized spacial score (nSPS) is 22.4. The number of hydrogen-bond acceptors (Lipinski definition) is 4. The minimum Gasteiger partial charge on any atom is -0.476 e. The summed E-state index contributed by atoms with van der Waals surface area (Å²) in [6, 6.07) is 0. The third kappa shape index (κ3) is 3.04. The van der Waals surface area contributed by atoms with Crippen LogP contribution in [0.15, 0.2) is 5.38 Å². The van der Waals surface area contributed by atoms with Gasteiger partial charge in [-0.2, -0.15) is 0 Å². The van der Waals surface area contributed by atoms with Gasteiger partial charge in [0.05, 0.1) is 5.01 Å². The Labute approximate surface area is 123 Å². The highest BCUT2D eigenvalue weighted by molar-refractivity contribution is 7.09. The van der Waals surface area contributed by atoms with Crippen molar-refractivity contribution >= 4 is 17.3 Å². The highest BCUT2D eigenvalue weighted by Crippen LogP contribution is 2.42. The maximum Gasteiger partial charge on any atom is 0.355 e. The lowest BCUT2D eigenvalue weighted by molar-refractivity contribution is -0.0106. The van der Waals surface area contributed by atoms with Crippen LogP contribution in [0.1, 0.15) is 54.0 Å². The molecule has 4 nitrogen and oxygen atoms in total. The predicted octanol–water partition coefficient (Wildman–Crippen LogP) is 3.04. The molecule has 110 valence electrons. The first-order valence-corrected chi connectivity index (χ1v) is 8.45. The first kappa shape index (κ1) is 14.0. The summed E-state index contributed by atoms with van der Waals surface area (Å²) in [5, 5.41) is 11.4. The molecule has 1 N–H and O–H groups in total. The van der Waals surface area contributed by atoms with Gasteiger partial charge in [0.1, 0.15) is 0 Å². The van der Waals surface area contributed by atoms with Crippen LogP contribution in [-0.2, 0) is 6.42 Å². The Morgan fingerprint density at radius 3 is 2.60 bits per heavy atom. The molecule has 2 fully saturated rings. The molecule has 1 aromatic heterocycles. The Morgan fingerprint density at radius 2 is 2.00 bits per heavy atom. The van der Waals surface area contributed by atoms with Crippen LogP contribution in [0.3, 0.4) is 0 Å². The Hall–Kier alpha value is -0.940.